The molecule has 0 aliphatic rings. The molecule has 1 aromatic rings. The molecule has 0 aliphatic carbocycles. The highest BCUT2D eigenvalue weighted by atomic mass is 16.4. The van der Waals surface area contributed by atoms with E-state index in [-0.39, 0.29) is 0 Å². The monoisotopic (exact) mass is 249 g/mol. The Labute approximate surface area is 103 Å². The number of carboxylic acid groups (broad SMARTS) is 1. The lowest BCUT2D eigenvalue weighted by atomic mass is 10.3. The molecule has 1 aromatic heterocycles. The molecule has 0 bridgehead atoms. The van der Waals surface area contributed by atoms with E-state index in [0.29, 0.717) is 11.8 Å². The number of rotatable bonds is 3. The van der Waals surface area contributed by atoms with Crippen LogP contribution in [-0.4, -0.2) is 28.0 Å². The van der Waals surface area contributed by atoms with Crippen molar-refractivity contribution in [2.24, 2.45) is 0 Å². The van der Waals surface area contributed by atoms with Gasteiger partial charge in [0.25, 0.3) is 5.91 Å². The molecule has 0 saturated carbocycles. The van der Waals surface area contributed by atoms with Crippen molar-refractivity contribution in [3.05, 3.63) is 36.2 Å². The van der Waals surface area contributed by atoms with Crippen LogP contribution in [0.3, 0.4) is 0 Å². The Kier molecular flexibility index (Phi) is 4.56. The number of nitrogens with one attached hydrogen (secondary N) is 2. The van der Waals surface area contributed by atoms with E-state index in [4.69, 9.17) is 5.11 Å². The van der Waals surface area contributed by atoms with Crippen LogP contribution in [0.15, 0.2) is 30.6 Å². The molecule has 0 fully saturated rings. The van der Waals surface area contributed by atoms with E-state index in [1.807, 2.05) is 5.32 Å². The predicted octanol–water partition coefficient (Wildman–Crippen LogP) is 0.679. The Morgan fingerprint density at radius 3 is 2.61 bits per heavy atom. The summed E-state index contributed by atoms with van der Waals surface area (Å²) in [7, 11) is 0. The van der Waals surface area contributed by atoms with Crippen molar-refractivity contribution >= 4 is 23.6 Å². The molecule has 1 heterocycles. The lowest BCUT2D eigenvalue weighted by Crippen LogP contribution is -2.33. The van der Waals surface area contributed by atoms with Crippen LogP contribution >= 0.6 is 0 Å². The maximum Gasteiger partial charge on any atom is 0.328 e. The molecule has 0 aliphatic heterocycles. The van der Waals surface area contributed by atoms with Crippen molar-refractivity contribution in [2.45, 2.75) is 6.92 Å². The van der Waals surface area contributed by atoms with Gasteiger partial charge >= 0.3 is 12.0 Å². The van der Waals surface area contributed by atoms with Crippen LogP contribution in [0.4, 0.5) is 10.5 Å². The summed E-state index contributed by atoms with van der Waals surface area (Å²) in [5, 5.41) is 12.6. The summed E-state index contributed by atoms with van der Waals surface area (Å²) in [6, 6.07) is 0.909. The first-order valence-corrected chi connectivity index (χ1v) is 4.92. The molecular weight excluding hydrogens is 238 g/mol. The average Bonchev–Trinajstić information content (AvgIpc) is 2.26. The molecule has 3 N–H and O–H groups in total. The van der Waals surface area contributed by atoms with E-state index >= 15 is 0 Å². The quantitative estimate of drug-likeness (QED) is 0.682. The van der Waals surface area contributed by atoms with E-state index in [2.05, 4.69) is 10.3 Å². The molecule has 1 rings (SSSR count). The largest absolute Gasteiger partial charge is 0.478 e. The summed E-state index contributed by atoms with van der Waals surface area (Å²) in [6.07, 6.45) is 4.42. The number of aromatic nitrogens is 1. The summed E-state index contributed by atoms with van der Waals surface area (Å²) in [5.74, 6) is -2.09. The number of pyridine rings is 1. The van der Waals surface area contributed by atoms with Gasteiger partial charge in [0.2, 0.25) is 0 Å². The van der Waals surface area contributed by atoms with E-state index < -0.39 is 17.9 Å². The summed E-state index contributed by atoms with van der Waals surface area (Å²) in [5.41, 5.74) is 1.28. The third-order valence-electron chi connectivity index (χ3n) is 1.75. The van der Waals surface area contributed by atoms with Gasteiger partial charge in [0.1, 0.15) is 0 Å². The van der Waals surface area contributed by atoms with Crippen LogP contribution in [0.5, 0.6) is 0 Å². The Balaban J connectivity index is 2.52. The first-order valence-electron chi connectivity index (χ1n) is 4.92. The van der Waals surface area contributed by atoms with Gasteiger partial charge in [0, 0.05) is 18.3 Å². The zero-order chi connectivity index (χ0) is 13.5. The fraction of sp³-hybridized carbons (Fsp3) is 0.0909. The molecule has 18 heavy (non-hydrogen) atoms. The van der Waals surface area contributed by atoms with Crippen molar-refractivity contribution in [2.75, 3.05) is 5.32 Å². The van der Waals surface area contributed by atoms with Crippen LogP contribution in [-0.2, 0) is 9.59 Å². The SMILES string of the molecule is Cc1cncc(NC(=O)NC(=O)/C=C/C(=O)O)c1. The molecular formula is C11H11N3O4. The molecule has 3 amide bonds. The normalized spacial score (nSPS) is 10.1. The van der Waals surface area contributed by atoms with Crippen molar-refractivity contribution in [3.63, 3.8) is 0 Å². The number of aliphatic carboxylic acids is 1. The lowest BCUT2D eigenvalue weighted by molar-refractivity contribution is -0.131. The fourth-order valence-electron chi connectivity index (χ4n) is 1.09. The van der Waals surface area contributed by atoms with Gasteiger partial charge in [-0.15, -0.1) is 0 Å². The molecule has 7 heteroatoms. The predicted molar refractivity (Wildman–Crippen MR) is 62.9 cm³/mol. The number of carbonyl (C=O) groups is 3. The van der Waals surface area contributed by atoms with Crippen LogP contribution in [0.1, 0.15) is 5.56 Å². The zero-order valence-electron chi connectivity index (χ0n) is 9.51. The fourth-order valence-corrected chi connectivity index (χ4v) is 1.09. The Hall–Kier alpha value is -2.70. The van der Waals surface area contributed by atoms with Crippen molar-refractivity contribution < 1.29 is 19.5 Å². The minimum absolute atomic E-state index is 0.433. The van der Waals surface area contributed by atoms with Crippen LogP contribution in [0.2, 0.25) is 0 Å². The molecule has 0 radical (unpaired) electrons. The minimum atomic E-state index is -1.27. The number of nitrogens with zero attached hydrogens (tertiary/aromatic N) is 1. The van der Waals surface area contributed by atoms with Gasteiger partial charge in [-0.25, -0.2) is 9.59 Å². The molecule has 0 saturated heterocycles. The van der Waals surface area contributed by atoms with Gasteiger partial charge in [-0.05, 0) is 18.6 Å². The number of urea groups is 1. The van der Waals surface area contributed by atoms with Gasteiger partial charge in [-0.3, -0.25) is 15.1 Å². The van der Waals surface area contributed by atoms with Crippen LogP contribution in [0.25, 0.3) is 0 Å². The number of carbonyl (C=O) groups excluding carboxylic acids is 2. The molecule has 0 atom stereocenters. The van der Waals surface area contributed by atoms with E-state index in [1.165, 1.54) is 6.20 Å². The van der Waals surface area contributed by atoms with E-state index in [0.717, 1.165) is 11.6 Å². The second-order valence-corrected chi connectivity index (χ2v) is 3.37. The topological polar surface area (TPSA) is 108 Å². The van der Waals surface area contributed by atoms with Gasteiger partial charge in [0.15, 0.2) is 0 Å². The van der Waals surface area contributed by atoms with Crippen LogP contribution < -0.4 is 10.6 Å². The average molecular weight is 249 g/mol. The summed E-state index contributed by atoms with van der Waals surface area (Å²) in [4.78, 5) is 36.4. The number of anilines is 1. The third-order valence-corrected chi connectivity index (χ3v) is 1.75. The molecule has 0 spiro atoms. The van der Waals surface area contributed by atoms with Crippen molar-refractivity contribution in [1.29, 1.82) is 0 Å². The number of amides is 3. The van der Waals surface area contributed by atoms with Crippen LogP contribution in [0, 0.1) is 6.92 Å². The summed E-state index contributed by atoms with van der Waals surface area (Å²) in [6.45, 7) is 1.80. The van der Waals surface area contributed by atoms with Gasteiger partial charge in [0.05, 0.1) is 11.9 Å². The first kappa shape index (κ1) is 13.4. The molecule has 7 nitrogen and oxygen atoms in total. The number of carboxylic acids is 1. The number of imide groups is 1. The highest BCUT2D eigenvalue weighted by molar-refractivity contribution is 6.06. The Morgan fingerprint density at radius 2 is 2.00 bits per heavy atom. The van der Waals surface area contributed by atoms with Gasteiger partial charge < -0.3 is 10.4 Å². The van der Waals surface area contributed by atoms with Gasteiger partial charge in [-0.1, -0.05) is 0 Å². The molecule has 0 unspecified atom stereocenters. The Bertz CT molecular complexity index is 511. The zero-order valence-corrected chi connectivity index (χ0v) is 9.51. The standard InChI is InChI=1S/C11H11N3O4/c1-7-4-8(6-12-5-7)13-11(18)14-9(15)2-3-10(16)17/h2-6H,1H3,(H,16,17)(H2,13,14,15,18)/b3-2+. The summed E-state index contributed by atoms with van der Waals surface area (Å²) < 4.78 is 0. The molecule has 94 valence electrons. The maximum absolute atomic E-state index is 11.3. The minimum Gasteiger partial charge on any atom is -0.478 e. The highest BCUT2D eigenvalue weighted by Gasteiger charge is 2.05. The highest BCUT2D eigenvalue weighted by Crippen LogP contribution is 2.06. The summed E-state index contributed by atoms with van der Waals surface area (Å²) >= 11 is 0. The number of hydrogen-bond donors (Lipinski definition) is 3. The molecule has 0 aromatic carbocycles. The van der Waals surface area contributed by atoms with Gasteiger partial charge in [-0.2, -0.15) is 0 Å². The van der Waals surface area contributed by atoms with E-state index in [9.17, 15) is 14.4 Å². The van der Waals surface area contributed by atoms with Crippen molar-refractivity contribution in [1.82, 2.24) is 10.3 Å². The Morgan fingerprint density at radius 1 is 1.28 bits per heavy atom. The first-order chi connectivity index (χ1) is 8.47. The van der Waals surface area contributed by atoms with E-state index in [1.54, 1.807) is 19.2 Å². The maximum atomic E-state index is 11.3. The van der Waals surface area contributed by atoms with Crippen molar-refractivity contribution in [3.8, 4) is 0 Å². The lowest BCUT2D eigenvalue weighted by Gasteiger charge is -2.04. The number of hydrogen-bond acceptors (Lipinski definition) is 4. The number of aryl methyl sites for hydroxylation is 1. The second kappa shape index (κ2) is 6.14. The third kappa shape index (κ3) is 4.88. The second-order valence-electron chi connectivity index (χ2n) is 3.37. The smallest absolute Gasteiger partial charge is 0.328 e.